The molecular formula is C17H14FN3O3. The third kappa shape index (κ3) is 3.64. The molecule has 1 atom stereocenters. The Labute approximate surface area is 136 Å². The van der Waals surface area contributed by atoms with Crippen molar-refractivity contribution in [1.29, 1.82) is 0 Å². The van der Waals surface area contributed by atoms with E-state index in [1.54, 1.807) is 24.3 Å². The van der Waals surface area contributed by atoms with Gasteiger partial charge in [-0.25, -0.2) is 4.39 Å². The molecule has 0 fully saturated rings. The number of benzene rings is 2. The van der Waals surface area contributed by atoms with Crippen LogP contribution in [-0.2, 0) is 0 Å². The van der Waals surface area contributed by atoms with Crippen LogP contribution in [0, 0.1) is 5.82 Å². The number of aliphatic hydroxyl groups excluding tert-OH is 1. The summed E-state index contributed by atoms with van der Waals surface area (Å²) in [6.45, 7) is 0.0110. The Balaban J connectivity index is 1.63. The van der Waals surface area contributed by atoms with Crippen molar-refractivity contribution in [2.75, 3.05) is 6.54 Å². The summed E-state index contributed by atoms with van der Waals surface area (Å²) in [4.78, 5) is 16.0. The van der Waals surface area contributed by atoms with Crippen LogP contribution in [0.3, 0.4) is 0 Å². The quantitative estimate of drug-likeness (QED) is 0.751. The summed E-state index contributed by atoms with van der Waals surface area (Å²) in [6.07, 6.45) is -0.838. The van der Waals surface area contributed by atoms with Gasteiger partial charge in [0.05, 0.1) is 6.10 Å². The van der Waals surface area contributed by atoms with Crippen LogP contribution in [0.25, 0.3) is 11.4 Å². The van der Waals surface area contributed by atoms with Gasteiger partial charge in [0, 0.05) is 12.1 Å². The standard InChI is InChI=1S/C17H14FN3O3/c18-13-8-6-12(7-9-13)15-20-17(24-21-15)16(23)19-10-14(22)11-4-2-1-3-5-11/h1-9,14,22H,10H2,(H,19,23)/t14-/m0/s1. The molecule has 3 aromatic rings. The van der Waals surface area contributed by atoms with Gasteiger partial charge < -0.3 is 14.9 Å². The Bertz CT molecular complexity index is 819. The number of hydrogen-bond acceptors (Lipinski definition) is 5. The van der Waals surface area contributed by atoms with E-state index in [4.69, 9.17) is 4.52 Å². The second-order valence-electron chi connectivity index (χ2n) is 5.07. The Morgan fingerprint density at radius 1 is 1.17 bits per heavy atom. The largest absolute Gasteiger partial charge is 0.387 e. The van der Waals surface area contributed by atoms with Crippen LogP contribution in [0.15, 0.2) is 59.1 Å². The molecule has 0 radical (unpaired) electrons. The van der Waals surface area contributed by atoms with Crippen LogP contribution < -0.4 is 5.32 Å². The zero-order chi connectivity index (χ0) is 16.9. The van der Waals surface area contributed by atoms with Crippen molar-refractivity contribution < 1.29 is 18.8 Å². The van der Waals surface area contributed by atoms with Gasteiger partial charge in [0.1, 0.15) is 5.82 Å². The average Bonchev–Trinajstić information content (AvgIpc) is 3.11. The molecule has 0 saturated heterocycles. The SMILES string of the molecule is O=C(NC[C@H](O)c1ccccc1)c1nc(-c2ccc(F)cc2)no1. The highest BCUT2D eigenvalue weighted by molar-refractivity contribution is 5.89. The second-order valence-corrected chi connectivity index (χ2v) is 5.07. The number of aromatic nitrogens is 2. The minimum Gasteiger partial charge on any atom is -0.387 e. The molecule has 2 aromatic carbocycles. The molecule has 1 heterocycles. The number of nitrogens with zero attached hydrogens (tertiary/aromatic N) is 2. The first-order valence-electron chi connectivity index (χ1n) is 7.24. The molecule has 2 N–H and O–H groups in total. The zero-order valence-electron chi connectivity index (χ0n) is 12.5. The highest BCUT2D eigenvalue weighted by Crippen LogP contribution is 2.16. The van der Waals surface area contributed by atoms with Gasteiger partial charge in [-0.15, -0.1) is 0 Å². The third-order valence-corrected chi connectivity index (χ3v) is 3.36. The van der Waals surface area contributed by atoms with E-state index < -0.39 is 12.0 Å². The van der Waals surface area contributed by atoms with Gasteiger partial charge in [-0.3, -0.25) is 4.79 Å². The minimum absolute atomic E-state index is 0.0110. The number of halogens is 1. The first-order chi connectivity index (χ1) is 11.6. The lowest BCUT2D eigenvalue weighted by atomic mass is 10.1. The molecular weight excluding hydrogens is 313 g/mol. The number of rotatable bonds is 5. The van der Waals surface area contributed by atoms with Crippen LogP contribution in [0.5, 0.6) is 0 Å². The topological polar surface area (TPSA) is 88.2 Å². The number of aliphatic hydroxyl groups is 1. The summed E-state index contributed by atoms with van der Waals surface area (Å²) in [6, 6.07) is 14.5. The van der Waals surface area contributed by atoms with Gasteiger partial charge in [-0.1, -0.05) is 35.5 Å². The fraction of sp³-hybridized carbons (Fsp3) is 0.118. The van der Waals surface area contributed by atoms with Crippen LogP contribution >= 0.6 is 0 Å². The molecule has 1 aromatic heterocycles. The highest BCUT2D eigenvalue weighted by Gasteiger charge is 2.17. The molecule has 3 rings (SSSR count). The minimum atomic E-state index is -0.838. The van der Waals surface area contributed by atoms with Crippen LogP contribution in [0.2, 0.25) is 0 Å². The maximum Gasteiger partial charge on any atom is 0.316 e. The molecule has 24 heavy (non-hydrogen) atoms. The first-order valence-corrected chi connectivity index (χ1v) is 7.24. The Kier molecular flexibility index (Phi) is 4.62. The molecule has 0 spiro atoms. The lowest BCUT2D eigenvalue weighted by Crippen LogP contribution is -2.28. The second kappa shape index (κ2) is 7.01. The molecule has 0 unspecified atom stereocenters. The summed E-state index contributed by atoms with van der Waals surface area (Å²) in [5, 5.41) is 16.2. The predicted molar refractivity (Wildman–Crippen MR) is 83.4 cm³/mol. The van der Waals surface area contributed by atoms with E-state index in [2.05, 4.69) is 15.5 Å². The monoisotopic (exact) mass is 327 g/mol. The van der Waals surface area contributed by atoms with E-state index in [1.807, 2.05) is 6.07 Å². The fourth-order valence-corrected chi connectivity index (χ4v) is 2.09. The number of hydrogen-bond donors (Lipinski definition) is 2. The smallest absolute Gasteiger partial charge is 0.316 e. The summed E-state index contributed by atoms with van der Waals surface area (Å²) in [5.74, 6) is -1.01. The van der Waals surface area contributed by atoms with Gasteiger partial charge in [0.15, 0.2) is 0 Å². The average molecular weight is 327 g/mol. The van der Waals surface area contributed by atoms with Gasteiger partial charge in [0.25, 0.3) is 0 Å². The van der Waals surface area contributed by atoms with Crippen molar-refractivity contribution in [3.63, 3.8) is 0 Å². The maximum absolute atomic E-state index is 12.9. The molecule has 1 amide bonds. The van der Waals surface area contributed by atoms with E-state index in [-0.39, 0.29) is 24.1 Å². The molecule has 6 nitrogen and oxygen atoms in total. The zero-order valence-corrected chi connectivity index (χ0v) is 12.5. The van der Waals surface area contributed by atoms with E-state index in [9.17, 15) is 14.3 Å². The van der Waals surface area contributed by atoms with Crippen LogP contribution in [-0.4, -0.2) is 27.7 Å². The summed E-state index contributed by atoms with van der Waals surface area (Å²) < 4.78 is 17.8. The molecule has 7 heteroatoms. The van der Waals surface area contributed by atoms with Crippen molar-refractivity contribution in [3.05, 3.63) is 71.9 Å². The molecule has 0 aliphatic carbocycles. The Morgan fingerprint density at radius 2 is 1.88 bits per heavy atom. The Hall–Kier alpha value is -3.06. The first kappa shape index (κ1) is 15.8. The number of nitrogens with one attached hydrogen (secondary N) is 1. The lowest BCUT2D eigenvalue weighted by molar-refractivity contribution is 0.0873. The third-order valence-electron chi connectivity index (χ3n) is 3.36. The molecule has 0 saturated carbocycles. The Morgan fingerprint density at radius 3 is 2.58 bits per heavy atom. The number of carbonyl (C=O) groups is 1. The van der Waals surface area contributed by atoms with Crippen LogP contribution in [0.4, 0.5) is 4.39 Å². The van der Waals surface area contributed by atoms with Crippen molar-refractivity contribution >= 4 is 5.91 Å². The van der Waals surface area contributed by atoms with Crippen LogP contribution in [0.1, 0.15) is 22.4 Å². The van der Waals surface area contributed by atoms with E-state index in [0.717, 1.165) is 0 Å². The van der Waals surface area contributed by atoms with Gasteiger partial charge >= 0.3 is 11.8 Å². The highest BCUT2D eigenvalue weighted by atomic mass is 19.1. The van der Waals surface area contributed by atoms with Crippen molar-refractivity contribution in [2.24, 2.45) is 0 Å². The number of amides is 1. The fourth-order valence-electron chi connectivity index (χ4n) is 2.09. The molecule has 122 valence electrons. The summed E-state index contributed by atoms with van der Waals surface area (Å²) in [5.41, 5.74) is 1.22. The van der Waals surface area contributed by atoms with Crippen molar-refractivity contribution in [2.45, 2.75) is 6.10 Å². The normalized spacial score (nSPS) is 11.9. The van der Waals surface area contributed by atoms with Crippen molar-refractivity contribution in [1.82, 2.24) is 15.5 Å². The summed E-state index contributed by atoms with van der Waals surface area (Å²) >= 11 is 0. The van der Waals surface area contributed by atoms with Crippen molar-refractivity contribution in [3.8, 4) is 11.4 Å². The molecule has 0 aliphatic heterocycles. The molecule has 0 aliphatic rings. The maximum atomic E-state index is 12.9. The predicted octanol–water partition coefficient (Wildman–Crippen LogP) is 2.34. The van der Waals surface area contributed by atoms with Gasteiger partial charge in [-0.05, 0) is 29.8 Å². The molecule has 0 bridgehead atoms. The van der Waals surface area contributed by atoms with E-state index >= 15 is 0 Å². The number of carbonyl (C=O) groups excluding carboxylic acids is 1. The summed E-state index contributed by atoms with van der Waals surface area (Å²) in [7, 11) is 0. The van der Waals surface area contributed by atoms with E-state index in [0.29, 0.717) is 11.1 Å². The van der Waals surface area contributed by atoms with Gasteiger partial charge in [-0.2, -0.15) is 4.98 Å². The van der Waals surface area contributed by atoms with Gasteiger partial charge in [0.2, 0.25) is 5.82 Å². The lowest BCUT2D eigenvalue weighted by Gasteiger charge is -2.10. The van der Waals surface area contributed by atoms with E-state index in [1.165, 1.54) is 24.3 Å².